The summed E-state index contributed by atoms with van der Waals surface area (Å²) in [5, 5.41) is 12.1. The first-order valence-electron chi connectivity index (χ1n) is 4.78. The number of carboxylic acids is 1. The first-order valence-corrected chi connectivity index (χ1v) is 5.76. The lowest BCUT2D eigenvalue weighted by Gasteiger charge is -2.27. The third-order valence-corrected chi connectivity index (χ3v) is 4.15. The number of aliphatic carboxylic acids is 1. The maximum absolute atomic E-state index is 10.7. The van der Waals surface area contributed by atoms with E-state index in [-0.39, 0.29) is 10.9 Å². The van der Waals surface area contributed by atoms with Gasteiger partial charge in [0.2, 0.25) is 0 Å². The molecular formula is C9H17NO2S. The van der Waals surface area contributed by atoms with Crippen molar-refractivity contribution in [2.45, 2.75) is 44.0 Å². The number of carboxylic acid groups (broad SMARTS) is 1. The van der Waals surface area contributed by atoms with Crippen LogP contribution in [0.5, 0.6) is 0 Å². The van der Waals surface area contributed by atoms with Crippen molar-refractivity contribution >= 4 is 17.7 Å². The number of hydrogen-bond acceptors (Lipinski definition) is 3. The summed E-state index contributed by atoms with van der Waals surface area (Å²) in [5.41, 5.74) is 0. The van der Waals surface area contributed by atoms with Crippen molar-refractivity contribution in [3.63, 3.8) is 0 Å². The molecule has 0 radical (unpaired) electrons. The predicted molar refractivity (Wildman–Crippen MR) is 54.9 cm³/mol. The van der Waals surface area contributed by atoms with Crippen molar-refractivity contribution in [3.8, 4) is 0 Å². The number of thioether (sulfide) groups is 1. The van der Waals surface area contributed by atoms with Gasteiger partial charge in [-0.1, -0.05) is 20.3 Å². The van der Waals surface area contributed by atoms with Crippen LogP contribution in [0.2, 0.25) is 0 Å². The Kier molecular flexibility index (Phi) is 3.62. The summed E-state index contributed by atoms with van der Waals surface area (Å²) in [4.78, 5) is 10.8. The minimum atomic E-state index is -0.723. The molecule has 0 bridgehead atoms. The highest BCUT2D eigenvalue weighted by atomic mass is 32.2. The van der Waals surface area contributed by atoms with Crippen molar-refractivity contribution in [1.29, 1.82) is 0 Å². The topological polar surface area (TPSA) is 49.3 Å². The van der Waals surface area contributed by atoms with Gasteiger partial charge in [0, 0.05) is 5.75 Å². The minimum Gasteiger partial charge on any atom is -0.480 e. The Balaban J connectivity index is 2.57. The van der Waals surface area contributed by atoms with Crippen LogP contribution in [0.4, 0.5) is 0 Å². The molecular weight excluding hydrogens is 186 g/mol. The molecule has 1 rings (SSSR count). The normalized spacial score (nSPS) is 33.5. The second-order valence-electron chi connectivity index (χ2n) is 3.44. The molecule has 0 saturated carbocycles. The first kappa shape index (κ1) is 10.9. The second-order valence-corrected chi connectivity index (χ2v) is 4.85. The van der Waals surface area contributed by atoms with Crippen LogP contribution in [-0.2, 0) is 4.79 Å². The molecule has 1 aliphatic rings. The van der Waals surface area contributed by atoms with Gasteiger partial charge in [-0.25, -0.2) is 0 Å². The molecule has 1 heterocycles. The molecule has 1 unspecified atom stereocenters. The summed E-state index contributed by atoms with van der Waals surface area (Å²) in [7, 11) is 0. The van der Waals surface area contributed by atoms with Gasteiger partial charge in [-0.2, -0.15) is 0 Å². The smallest absolute Gasteiger partial charge is 0.321 e. The highest BCUT2D eigenvalue weighted by Gasteiger charge is 2.39. The van der Waals surface area contributed by atoms with E-state index in [2.05, 4.69) is 19.2 Å². The molecule has 3 nitrogen and oxygen atoms in total. The summed E-state index contributed by atoms with van der Waals surface area (Å²) in [6.07, 6.45) is 3.15. The van der Waals surface area contributed by atoms with Crippen LogP contribution in [0.3, 0.4) is 0 Å². The average Bonchev–Trinajstić information content (AvgIpc) is 2.51. The van der Waals surface area contributed by atoms with E-state index in [0.29, 0.717) is 5.75 Å². The van der Waals surface area contributed by atoms with Crippen molar-refractivity contribution in [2.75, 3.05) is 5.75 Å². The molecule has 1 fully saturated rings. The maximum atomic E-state index is 10.7. The summed E-state index contributed by atoms with van der Waals surface area (Å²) in [5.74, 6) is -0.0256. The molecule has 0 aromatic carbocycles. The Morgan fingerprint density at radius 2 is 2.38 bits per heavy atom. The standard InChI is InChI=1S/C9H17NO2S/c1-3-5-9(4-2)10-7(6-13-9)8(11)12/h7,10H,3-6H2,1-2H3,(H,11,12)/t7-,9?/m0/s1. The van der Waals surface area contributed by atoms with Gasteiger partial charge in [0.25, 0.3) is 0 Å². The molecule has 2 N–H and O–H groups in total. The third kappa shape index (κ3) is 2.38. The van der Waals surface area contributed by atoms with Crippen LogP contribution < -0.4 is 5.32 Å². The van der Waals surface area contributed by atoms with E-state index in [1.54, 1.807) is 11.8 Å². The van der Waals surface area contributed by atoms with E-state index < -0.39 is 5.97 Å². The molecule has 0 spiro atoms. The van der Waals surface area contributed by atoms with Crippen LogP contribution >= 0.6 is 11.8 Å². The third-order valence-electron chi connectivity index (χ3n) is 2.49. The lowest BCUT2D eigenvalue weighted by atomic mass is 10.1. The van der Waals surface area contributed by atoms with Crippen molar-refractivity contribution in [1.82, 2.24) is 5.32 Å². The number of hydrogen-bond donors (Lipinski definition) is 2. The van der Waals surface area contributed by atoms with Crippen LogP contribution in [0.1, 0.15) is 33.1 Å². The molecule has 76 valence electrons. The fourth-order valence-corrected chi connectivity index (χ4v) is 3.20. The Labute approximate surface area is 83.3 Å². The Morgan fingerprint density at radius 1 is 1.69 bits per heavy atom. The minimum absolute atomic E-state index is 0.0256. The van der Waals surface area contributed by atoms with Gasteiger partial charge in [-0.05, 0) is 12.8 Å². The summed E-state index contributed by atoms with van der Waals surface area (Å²) in [6, 6.07) is -0.350. The largest absolute Gasteiger partial charge is 0.480 e. The van der Waals surface area contributed by atoms with E-state index in [0.717, 1.165) is 19.3 Å². The molecule has 0 amide bonds. The quantitative estimate of drug-likeness (QED) is 0.730. The summed E-state index contributed by atoms with van der Waals surface area (Å²) < 4.78 is 0. The molecule has 13 heavy (non-hydrogen) atoms. The van der Waals surface area contributed by atoms with Gasteiger partial charge >= 0.3 is 5.97 Å². The monoisotopic (exact) mass is 203 g/mol. The number of nitrogens with one attached hydrogen (secondary N) is 1. The molecule has 0 aromatic rings. The summed E-state index contributed by atoms with van der Waals surface area (Å²) >= 11 is 1.76. The van der Waals surface area contributed by atoms with Gasteiger partial charge in [-0.3, -0.25) is 10.1 Å². The van der Waals surface area contributed by atoms with E-state index in [1.165, 1.54) is 0 Å². The van der Waals surface area contributed by atoms with Crippen LogP contribution in [0.25, 0.3) is 0 Å². The van der Waals surface area contributed by atoms with E-state index in [1.807, 2.05) is 0 Å². The van der Waals surface area contributed by atoms with E-state index in [9.17, 15) is 4.79 Å². The Hall–Kier alpha value is -0.220. The van der Waals surface area contributed by atoms with Crippen molar-refractivity contribution in [2.24, 2.45) is 0 Å². The van der Waals surface area contributed by atoms with Crippen LogP contribution in [0.15, 0.2) is 0 Å². The lowest BCUT2D eigenvalue weighted by Crippen LogP contribution is -2.44. The molecule has 1 aliphatic heterocycles. The second kappa shape index (κ2) is 4.33. The van der Waals surface area contributed by atoms with Gasteiger partial charge in [-0.15, -0.1) is 11.8 Å². The number of rotatable bonds is 4. The fraction of sp³-hybridized carbons (Fsp3) is 0.889. The van der Waals surface area contributed by atoms with Gasteiger partial charge in [0.15, 0.2) is 0 Å². The van der Waals surface area contributed by atoms with Crippen molar-refractivity contribution < 1.29 is 9.90 Å². The van der Waals surface area contributed by atoms with E-state index >= 15 is 0 Å². The summed E-state index contributed by atoms with van der Waals surface area (Å²) in [6.45, 7) is 4.24. The molecule has 2 atom stereocenters. The molecule has 0 aromatic heterocycles. The zero-order valence-corrected chi connectivity index (χ0v) is 8.99. The zero-order valence-electron chi connectivity index (χ0n) is 8.17. The highest BCUT2D eigenvalue weighted by molar-refractivity contribution is 8.00. The maximum Gasteiger partial charge on any atom is 0.321 e. The lowest BCUT2D eigenvalue weighted by molar-refractivity contribution is -0.138. The first-order chi connectivity index (χ1) is 6.13. The SMILES string of the molecule is CCCC1(CC)N[C@H](C(=O)O)CS1. The predicted octanol–water partition coefficient (Wildman–Crippen LogP) is 1.68. The Bertz CT molecular complexity index is 198. The average molecular weight is 203 g/mol. The fourth-order valence-electron chi connectivity index (χ4n) is 1.71. The zero-order chi connectivity index (χ0) is 9.90. The van der Waals surface area contributed by atoms with Crippen LogP contribution in [0, 0.1) is 0 Å². The van der Waals surface area contributed by atoms with Gasteiger partial charge in [0.1, 0.15) is 6.04 Å². The molecule has 1 saturated heterocycles. The van der Waals surface area contributed by atoms with Gasteiger partial charge < -0.3 is 5.11 Å². The highest BCUT2D eigenvalue weighted by Crippen LogP contribution is 2.37. The van der Waals surface area contributed by atoms with Gasteiger partial charge in [0.05, 0.1) is 4.87 Å². The van der Waals surface area contributed by atoms with Crippen LogP contribution in [-0.4, -0.2) is 27.7 Å². The number of carbonyl (C=O) groups is 1. The molecule has 0 aliphatic carbocycles. The van der Waals surface area contributed by atoms with E-state index in [4.69, 9.17) is 5.11 Å². The molecule has 4 heteroatoms. The van der Waals surface area contributed by atoms with Crippen molar-refractivity contribution in [3.05, 3.63) is 0 Å². The Morgan fingerprint density at radius 3 is 2.77 bits per heavy atom.